The summed E-state index contributed by atoms with van der Waals surface area (Å²) in [6, 6.07) is 3.52. The SMILES string of the molecule is Ic1cc2c(s1)CCCC2NC1CCOC1. The lowest BCUT2D eigenvalue weighted by Crippen LogP contribution is -2.34. The third-order valence-corrected chi connectivity index (χ3v) is 5.42. The quantitative estimate of drug-likeness (QED) is 0.829. The maximum atomic E-state index is 5.43. The number of halogens is 1. The van der Waals surface area contributed by atoms with Gasteiger partial charge < -0.3 is 10.1 Å². The van der Waals surface area contributed by atoms with Crippen molar-refractivity contribution in [2.24, 2.45) is 0 Å². The lowest BCUT2D eigenvalue weighted by molar-refractivity contribution is 0.187. The highest BCUT2D eigenvalue weighted by Gasteiger charge is 2.26. The smallest absolute Gasteiger partial charge is 0.0659 e. The van der Waals surface area contributed by atoms with E-state index in [4.69, 9.17) is 4.74 Å². The van der Waals surface area contributed by atoms with Crippen LogP contribution in [-0.4, -0.2) is 19.3 Å². The minimum Gasteiger partial charge on any atom is -0.380 e. The van der Waals surface area contributed by atoms with E-state index in [9.17, 15) is 0 Å². The average molecular weight is 349 g/mol. The van der Waals surface area contributed by atoms with E-state index in [1.165, 1.54) is 28.6 Å². The summed E-state index contributed by atoms with van der Waals surface area (Å²) in [5.74, 6) is 0. The van der Waals surface area contributed by atoms with Crippen LogP contribution in [0.3, 0.4) is 0 Å². The molecule has 2 atom stereocenters. The van der Waals surface area contributed by atoms with E-state index in [0.717, 1.165) is 13.2 Å². The zero-order chi connectivity index (χ0) is 11.0. The van der Waals surface area contributed by atoms with Crippen molar-refractivity contribution < 1.29 is 4.74 Å². The summed E-state index contributed by atoms with van der Waals surface area (Å²) in [6.07, 6.45) is 5.07. The molecule has 1 saturated heterocycles. The van der Waals surface area contributed by atoms with Crippen molar-refractivity contribution in [1.29, 1.82) is 0 Å². The Kier molecular flexibility index (Phi) is 3.52. The van der Waals surface area contributed by atoms with Gasteiger partial charge >= 0.3 is 0 Å². The molecule has 1 aliphatic carbocycles. The molecule has 1 aromatic heterocycles. The summed E-state index contributed by atoms with van der Waals surface area (Å²) < 4.78 is 6.86. The molecule has 1 fully saturated rings. The molecule has 4 heteroatoms. The lowest BCUT2D eigenvalue weighted by atomic mass is 9.93. The topological polar surface area (TPSA) is 21.3 Å². The molecule has 3 rings (SSSR count). The zero-order valence-electron chi connectivity index (χ0n) is 9.17. The molecule has 0 spiro atoms. The van der Waals surface area contributed by atoms with E-state index in [2.05, 4.69) is 34.0 Å². The number of nitrogens with one attached hydrogen (secondary N) is 1. The number of rotatable bonds is 2. The van der Waals surface area contributed by atoms with Gasteiger partial charge in [0.2, 0.25) is 0 Å². The highest BCUT2D eigenvalue weighted by molar-refractivity contribution is 14.1. The maximum absolute atomic E-state index is 5.43. The number of ether oxygens (including phenoxy) is 1. The second-order valence-electron chi connectivity index (χ2n) is 4.60. The molecule has 2 aliphatic rings. The van der Waals surface area contributed by atoms with Crippen molar-refractivity contribution in [1.82, 2.24) is 5.32 Å². The number of hydrogen-bond acceptors (Lipinski definition) is 3. The highest BCUT2D eigenvalue weighted by Crippen LogP contribution is 2.36. The van der Waals surface area contributed by atoms with Gasteiger partial charge in [-0.2, -0.15) is 0 Å². The van der Waals surface area contributed by atoms with Gasteiger partial charge in [0.05, 0.1) is 9.49 Å². The largest absolute Gasteiger partial charge is 0.380 e. The normalized spacial score (nSPS) is 29.3. The van der Waals surface area contributed by atoms with Gasteiger partial charge in [0.1, 0.15) is 0 Å². The van der Waals surface area contributed by atoms with Gasteiger partial charge in [0.25, 0.3) is 0 Å². The van der Waals surface area contributed by atoms with Crippen molar-refractivity contribution in [2.45, 2.75) is 37.8 Å². The minimum atomic E-state index is 0.577. The third kappa shape index (κ3) is 2.30. The predicted octanol–water partition coefficient (Wildman–Crippen LogP) is 3.11. The molecule has 88 valence electrons. The fourth-order valence-electron chi connectivity index (χ4n) is 2.64. The molecule has 1 N–H and O–H groups in total. The first-order valence-corrected chi connectivity index (χ1v) is 7.84. The van der Waals surface area contributed by atoms with Crippen molar-refractivity contribution in [3.05, 3.63) is 19.4 Å². The van der Waals surface area contributed by atoms with Crippen molar-refractivity contribution >= 4 is 33.9 Å². The van der Waals surface area contributed by atoms with Crippen LogP contribution in [0.25, 0.3) is 0 Å². The lowest BCUT2D eigenvalue weighted by Gasteiger charge is -2.26. The molecule has 1 aromatic rings. The molecule has 16 heavy (non-hydrogen) atoms. The van der Waals surface area contributed by atoms with E-state index in [-0.39, 0.29) is 0 Å². The van der Waals surface area contributed by atoms with Crippen LogP contribution in [0.1, 0.15) is 35.7 Å². The monoisotopic (exact) mass is 349 g/mol. The summed E-state index contributed by atoms with van der Waals surface area (Å²) in [5, 5.41) is 3.77. The van der Waals surface area contributed by atoms with Crippen LogP contribution in [0.4, 0.5) is 0 Å². The Bertz CT molecular complexity index is 373. The van der Waals surface area contributed by atoms with Crippen molar-refractivity contribution in [3.8, 4) is 0 Å². The summed E-state index contributed by atoms with van der Waals surface area (Å²) in [4.78, 5) is 1.60. The van der Waals surface area contributed by atoms with E-state index in [1.54, 1.807) is 10.4 Å². The fraction of sp³-hybridized carbons (Fsp3) is 0.667. The fourth-order valence-corrected chi connectivity index (χ4v) is 4.76. The molecule has 1 aliphatic heterocycles. The maximum Gasteiger partial charge on any atom is 0.0659 e. The first kappa shape index (κ1) is 11.4. The number of hydrogen-bond donors (Lipinski definition) is 1. The molecule has 0 aromatic carbocycles. The van der Waals surface area contributed by atoms with E-state index >= 15 is 0 Å². The van der Waals surface area contributed by atoms with Gasteiger partial charge in [0.15, 0.2) is 0 Å². The Morgan fingerprint density at radius 3 is 3.19 bits per heavy atom. The van der Waals surface area contributed by atoms with E-state index in [0.29, 0.717) is 12.1 Å². The first-order valence-electron chi connectivity index (χ1n) is 5.95. The third-order valence-electron chi connectivity index (χ3n) is 3.45. The number of thiophene rings is 1. The highest BCUT2D eigenvalue weighted by atomic mass is 127. The average Bonchev–Trinajstić information content (AvgIpc) is 2.86. The van der Waals surface area contributed by atoms with Gasteiger partial charge in [-0.25, -0.2) is 0 Å². The molecule has 2 nitrogen and oxygen atoms in total. The van der Waals surface area contributed by atoms with Gasteiger partial charge in [-0.1, -0.05) is 0 Å². The second-order valence-corrected chi connectivity index (χ2v) is 7.63. The van der Waals surface area contributed by atoms with Crippen LogP contribution < -0.4 is 5.32 Å². The standard InChI is InChI=1S/C12H16INOS/c13-12-6-9-10(2-1-3-11(9)16-12)14-8-4-5-15-7-8/h6,8,10,14H,1-5,7H2. The van der Waals surface area contributed by atoms with Crippen LogP contribution in [0.15, 0.2) is 6.07 Å². The minimum absolute atomic E-state index is 0.577. The van der Waals surface area contributed by atoms with E-state index < -0.39 is 0 Å². The molecule has 0 saturated carbocycles. The molecule has 2 unspecified atom stereocenters. The number of fused-ring (bicyclic) bond motifs is 1. The Labute approximate surface area is 114 Å². The summed E-state index contributed by atoms with van der Waals surface area (Å²) >= 11 is 4.41. The van der Waals surface area contributed by atoms with Crippen molar-refractivity contribution in [3.63, 3.8) is 0 Å². The molecular formula is C12H16INOS. The first-order chi connectivity index (χ1) is 7.83. The molecular weight excluding hydrogens is 333 g/mol. The van der Waals surface area contributed by atoms with Crippen LogP contribution in [0, 0.1) is 2.88 Å². The molecule has 0 radical (unpaired) electrons. The number of aryl methyl sites for hydroxylation is 1. The van der Waals surface area contributed by atoms with Gasteiger partial charge in [-0.15, -0.1) is 11.3 Å². The Hall–Kier alpha value is 0.350. The summed E-state index contributed by atoms with van der Waals surface area (Å²) in [6.45, 7) is 1.82. The predicted molar refractivity (Wildman–Crippen MR) is 75.1 cm³/mol. The molecule has 2 heterocycles. The van der Waals surface area contributed by atoms with Gasteiger partial charge in [-0.05, 0) is 59.9 Å². The van der Waals surface area contributed by atoms with Gasteiger partial charge in [-0.3, -0.25) is 0 Å². The summed E-state index contributed by atoms with van der Waals surface area (Å²) in [5.41, 5.74) is 1.56. The van der Waals surface area contributed by atoms with Crippen molar-refractivity contribution in [2.75, 3.05) is 13.2 Å². The Balaban J connectivity index is 1.75. The van der Waals surface area contributed by atoms with Crippen LogP contribution in [0.2, 0.25) is 0 Å². The Morgan fingerprint density at radius 1 is 1.44 bits per heavy atom. The van der Waals surface area contributed by atoms with Gasteiger partial charge in [0, 0.05) is 23.6 Å². The van der Waals surface area contributed by atoms with Crippen LogP contribution >= 0.6 is 33.9 Å². The summed E-state index contributed by atoms with van der Waals surface area (Å²) in [7, 11) is 0. The zero-order valence-corrected chi connectivity index (χ0v) is 12.1. The molecule has 0 amide bonds. The van der Waals surface area contributed by atoms with Crippen LogP contribution in [0.5, 0.6) is 0 Å². The Morgan fingerprint density at radius 2 is 2.38 bits per heavy atom. The second kappa shape index (κ2) is 4.92. The van der Waals surface area contributed by atoms with E-state index in [1.807, 2.05) is 11.3 Å². The van der Waals surface area contributed by atoms with Crippen LogP contribution in [-0.2, 0) is 11.2 Å². The molecule has 0 bridgehead atoms.